The second-order valence-corrected chi connectivity index (χ2v) is 8.09. The third-order valence-corrected chi connectivity index (χ3v) is 5.69. The van der Waals surface area contributed by atoms with E-state index in [2.05, 4.69) is 15.6 Å². The Labute approximate surface area is 179 Å². The highest BCUT2D eigenvalue weighted by atomic mass is 127. The fourth-order valence-corrected chi connectivity index (χ4v) is 3.08. The van der Waals surface area contributed by atoms with E-state index < -0.39 is 27.6 Å². The summed E-state index contributed by atoms with van der Waals surface area (Å²) in [6.07, 6.45) is -4.17. The number of aliphatic imine (C=N–C) groups is 1. The highest BCUT2D eigenvalue weighted by Crippen LogP contribution is 2.32. The highest BCUT2D eigenvalue weighted by molar-refractivity contribution is 14.0. The number of benzene rings is 1. The van der Waals surface area contributed by atoms with E-state index in [4.69, 9.17) is 0 Å². The van der Waals surface area contributed by atoms with E-state index in [1.165, 1.54) is 18.4 Å². The van der Waals surface area contributed by atoms with E-state index in [1.807, 2.05) is 0 Å². The molecule has 0 saturated carbocycles. The van der Waals surface area contributed by atoms with Crippen LogP contribution in [0, 0.1) is 5.82 Å². The van der Waals surface area contributed by atoms with E-state index in [1.54, 1.807) is 6.92 Å². The summed E-state index contributed by atoms with van der Waals surface area (Å²) >= 11 is 0. The number of halogens is 5. The number of sulfonamides is 1. The van der Waals surface area contributed by atoms with Crippen molar-refractivity contribution < 1.29 is 26.0 Å². The van der Waals surface area contributed by atoms with Crippen molar-refractivity contribution >= 4 is 40.0 Å². The standard InChI is InChI=1S/C16H24F4N4O2S.HI/c1-4-27(25,26)24(3)9-5-8-22-15(21-2)23-11-12-6-7-13(17)10-14(12)16(18,19)20;/h6-7,10H,4-5,8-9,11H2,1-3H3,(H2,21,22,23);1H. The average Bonchev–Trinajstić information content (AvgIpc) is 2.60. The molecular weight excluding hydrogens is 515 g/mol. The van der Waals surface area contributed by atoms with Crippen LogP contribution in [0.4, 0.5) is 17.6 Å². The van der Waals surface area contributed by atoms with Crippen molar-refractivity contribution in [1.82, 2.24) is 14.9 Å². The second kappa shape index (κ2) is 11.8. The van der Waals surface area contributed by atoms with Gasteiger partial charge in [0.2, 0.25) is 10.0 Å². The maximum Gasteiger partial charge on any atom is 0.416 e. The van der Waals surface area contributed by atoms with Gasteiger partial charge in [0.25, 0.3) is 0 Å². The Balaban J connectivity index is 0.00000729. The van der Waals surface area contributed by atoms with Gasteiger partial charge in [-0.2, -0.15) is 13.2 Å². The first-order chi connectivity index (χ1) is 12.5. The molecule has 0 spiro atoms. The van der Waals surface area contributed by atoms with Gasteiger partial charge in [0.1, 0.15) is 5.82 Å². The van der Waals surface area contributed by atoms with Crippen LogP contribution in [0.5, 0.6) is 0 Å². The number of hydrogen-bond donors (Lipinski definition) is 2. The quantitative estimate of drug-likeness (QED) is 0.175. The predicted molar refractivity (Wildman–Crippen MR) is 112 cm³/mol. The van der Waals surface area contributed by atoms with E-state index >= 15 is 0 Å². The Bertz CT molecular complexity index is 758. The summed E-state index contributed by atoms with van der Waals surface area (Å²) in [6, 6.07) is 2.49. The average molecular weight is 540 g/mol. The van der Waals surface area contributed by atoms with Crippen LogP contribution in [0.25, 0.3) is 0 Å². The van der Waals surface area contributed by atoms with Crippen LogP contribution >= 0.6 is 24.0 Å². The molecule has 2 N–H and O–H groups in total. The zero-order chi connectivity index (χ0) is 20.7. The second-order valence-electron chi connectivity index (χ2n) is 5.73. The zero-order valence-electron chi connectivity index (χ0n) is 15.8. The van der Waals surface area contributed by atoms with Crippen LogP contribution in [0.15, 0.2) is 23.2 Å². The lowest BCUT2D eigenvalue weighted by Gasteiger charge is -2.17. The van der Waals surface area contributed by atoms with Crippen molar-refractivity contribution in [2.45, 2.75) is 26.1 Å². The van der Waals surface area contributed by atoms with Crippen molar-refractivity contribution in [2.24, 2.45) is 4.99 Å². The van der Waals surface area contributed by atoms with Gasteiger partial charge in [-0.05, 0) is 31.0 Å². The Morgan fingerprint density at radius 3 is 2.43 bits per heavy atom. The monoisotopic (exact) mass is 540 g/mol. The van der Waals surface area contributed by atoms with Crippen molar-refractivity contribution in [1.29, 1.82) is 0 Å². The molecule has 0 saturated heterocycles. The van der Waals surface area contributed by atoms with Crippen molar-refractivity contribution in [3.8, 4) is 0 Å². The number of hydrogen-bond acceptors (Lipinski definition) is 3. The first kappa shape index (κ1) is 26.9. The molecule has 12 heteroatoms. The minimum atomic E-state index is -4.66. The maximum absolute atomic E-state index is 13.1. The molecule has 0 aliphatic heterocycles. The van der Waals surface area contributed by atoms with Crippen molar-refractivity contribution in [3.63, 3.8) is 0 Å². The normalized spacial score (nSPS) is 12.6. The molecule has 0 heterocycles. The summed E-state index contributed by atoms with van der Waals surface area (Å²) < 4.78 is 76.6. The highest BCUT2D eigenvalue weighted by Gasteiger charge is 2.33. The van der Waals surface area contributed by atoms with Crippen LogP contribution in [0.2, 0.25) is 0 Å². The molecule has 0 radical (unpaired) electrons. The molecule has 0 fully saturated rings. The number of guanidine groups is 1. The molecule has 0 aliphatic carbocycles. The molecule has 0 amide bonds. The number of alkyl halides is 3. The summed E-state index contributed by atoms with van der Waals surface area (Å²) in [7, 11) is -0.309. The van der Waals surface area contributed by atoms with Crippen LogP contribution in [0.3, 0.4) is 0 Å². The molecule has 1 aromatic carbocycles. The van der Waals surface area contributed by atoms with Gasteiger partial charge in [-0.15, -0.1) is 24.0 Å². The lowest BCUT2D eigenvalue weighted by molar-refractivity contribution is -0.138. The van der Waals surface area contributed by atoms with E-state index in [0.29, 0.717) is 25.6 Å². The zero-order valence-corrected chi connectivity index (χ0v) is 19.0. The molecule has 0 bridgehead atoms. The minimum Gasteiger partial charge on any atom is -0.356 e. The Morgan fingerprint density at radius 1 is 1.25 bits per heavy atom. The van der Waals surface area contributed by atoms with Crippen LogP contribution in [-0.2, 0) is 22.7 Å². The van der Waals surface area contributed by atoms with E-state index in [0.717, 1.165) is 12.1 Å². The van der Waals surface area contributed by atoms with Gasteiger partial charge >= 0.3 is 6.18 Å². The fraction of sp³-hybridized carbons (Fsp3) is 0.562. The lowest BCUT2D eigenvalue weighted by Crippen LogP contribution is -2.39. The number of nitrogens with one attached hydrogen (secondary N) is 2. The third-order valence-electron chi connectivity index (χ3n) is 3.83. The first-order valence-electron chi connectivity index (χ1n) is 8.25. The van der Waals surface area contributed by atoms with E-state index in [9.17, 15) is 26.0 Å². The molecule has 162 valence electrons. The van der Waals surface area contributed by atoms with Crippen LogP contribution in [0.1, 0.15) is 24.5 Å². The fourth-order valence-electron chi connectivity index (χ4n) is 2.23. The van der Waals surface area contributed by atoms with Gasteiger partial charge in [-0.25, -0.2) is 17.1 Å². The lowest BCUT2D eigenvalue weighted by atomic mass is 10.1. The molecule has 0 aliphatic rings. The van der Waals surface area contributed by atoms with Crippen LogP contribution in [-0.4, -0.2) is 51.6 Å². The smallest absolute Gasteiger partial charge is 0.356 e. The summed E-state index contributed by atoms with van der Waals surface area (Å²) in [4.78, 5) is 3.90. The number of nitrogens with zero attached hydrogens (tertiary/aromatic N) is 2. The summed E-state index contributed by atoms with van der Waals surface area (Å²) in [5.74, 6) is -0.687. The largest absolute Gasteiger partial charge is 0.416 e. The van der Waals surface area contributed by atoms with Gasteiger partial charge in [-0.3, -0.25) is 4.99 Å². The van der Waals surface area contributed by atoms with Crippen molar-refractivity contribution in [2.75, 3.05) is 32.9 Å². The molecule has 28 heavy (non-hydrogen) atoms. The Morgan fingerprint density at radius 2 is 1.89 bits per heavy atom. The van der Waals surface area contributed by atoms with Crippen LogP contribution < -0.4 is 10.6 Å². The number of rotatable bonds is 8. The van der Waals surface area contributed by atoms with Gasteiger partial charge in [0, 0.05) is 33.7 Å². The molecule has 0 atom stereocenters. The first-order valence-corrected chi connectivity index (χ1v) is 9.86. The predicted octanol–water partition coefficient (Wildman–Crippen LogP) is 2.80. The summed E-state index contributed by atoms with van der Waals surface area (Å²) in [5.41, 5.74) is -1.16. The van der Waals surface area contributed by atoms with Gasteiger partial charge < -0.3 is 10.6 Å². The summed E-state index contributed by atoms with van der Waals surface area (Å²) in [6.45, 7) is 2.04. The van der Waals surface area contributed by atoms with E-state index in [-0.39, 0.29) is 47.8 Å². The third kappa shape index (κ3) is 8.47. The molecule has 0 unspecified atom stereocenters. The molecule has 0 aromatic heterocycles. The van der Waals surface area contributed by atoms with Crippen molar-refractivity contribution in [3.05, 3.63) is 35.1 Å². The topological polar surface area (TPSA) is 73.8 Å². The SMILES string of the molecule is CCS(=O)(=O)N(C)CCCNC(=NC)NCc1ccc(F)cc1C(F)(F)F.I. The molecular formula is C16H25F4IN4O2S. The minimum absolute atomic E-state index is 0. The summed E-state index contributed by atoms with van der Waals surface area (Å²) in [5, 5.41) is 5.63. The molecule has 1 aromatic rings. The van der Waals surface area contributed by atoms with Gasteiger partial charge in [-0.1, -0.05) is 6.07 Å². The van der Waals surface area contributed by atoms with Gasteiger partial charge in [0.05, 0.1) is 11.3 Å². The Kier molecular flexibility index (Phi) is 11.3. The Hall–Kier alpha value is -1.15. The molecule has 1 rings (SSSR count). The molecule has 6 nitrogen and oxygen atoms in total. The maximum atomic E-state index is 13.1. The van der Waals surface area contributed by atoms with Gasteiger partial charge in [0.15, 0.2) is 5.96 Å².